The molecule has 0 bridgehead atoms. The van der Waals surface area contributed by atoms with Crippen LogP contribution in [0.1, 0.15) is 10.4 Å². The van der Waals surface area contributed by atoms with Crippen molar-refractivity contribution in [2.75, 3.05) is 13.7 Å². The lowest BCUT2D eigenvalue weighted by atomic mass is 10.2. The van der Waals surface area contributed by atoms with Crippen LogP contribution in [0.3, 0.4) is 0 Å². The smallest absolute Gasteiger partial charge is 0.349 e. The largest absolute Gasteiger partial charge is 0.466 e. The predicted molar refractivity (Wildman–Crippen MR) is 77.3 cm³/mol. The minimum atomic E-state index is -0.909. The minimum absolute atomic E-state index is 0.0457. The Balaban J connectivity index is 2.54. The molecule has 0 aliphatic heterocycles. The zero-order chi connectivity index (χ0) is 16.5. The van der Waals surface area contributed by atoms with E-state index >= 15 is 0 Å². The fraction of sp³-hybridized carbons (Fsp3) is 0.143. The second-order valence-corrected chi connectivity index (χ2v) is 4.65. The number of aldehydes is 1. The summed E-state index contributed by atoms with van der Waals surface area (Å²) >= 11 is 3.17. The number of rotatable bonds is 6. The number of hydrogen-bond donors (Lipinski definition) is 0. The molecular formula is C14H11BrO7. The number of ether oxygens (including phenoxy) is 3. The van der Waals surface area contributed by atoms with Crippen LogP contribution in [0.5, 0.6) is 5.75 Å². The molecular weight excluding hydrogens is 360 g/mol. The highest BCUT2D eigenvalue weighted by Gasteiger charge is 2.11. The van der Waals surface area contributed by atoms with E-state index in [1.807, 2.05) is 0 Å². The summed E-state index contributed by atoms with van der Waals surface area (Å²) in [5, 5.41) is 0. The number of carbonyl (C=O) groups is 4. The quantitative estimate of drug-likeness (QED) is 0.323. The number of halogens is 1. The SMILES string of the molecule is COC(=O)/C=C\C(=O)OCC(=O)Oc1ccc(Br)cc1C=O. The van der Waals surface area contributed by atoms with Gasteiger partial charge in [-0.15, -0.1) is 0 Å². The van der Waals surface area contributed by atoms with E-state index in [0.717, 1.165) is 19.3 Å². The van der Waals surface area contributed by atoms with E-state index in [2.05, 4.69) is 25.4 Å². The van der Waals surface area contributed by atoms with Crippen molar-refractivity contribution in [1.29, 1.82) is 0 Å². The van der Waals surface area contributed by atoms with Gasteiger partial charge in [-0.3, -0.25) is 4.79 Å². The van der Waals surface area contributed by atoms with Crippen molar-refractivity contribution in [1.82, 2.24) is 0 Å². The van der Waals surface area contributed by atoms with Crippen LogP contribution in [0.15, 0.2) is 34.8 Å². The van der Waals surface area contributed by atoms with Crippen LogP contribution in [0.25, 0.3) is 0 Å². The van der Waals surface area contributed by atoms with E-state index in [4.69, 9.17) is 4.74 Å². The third-order valence-corrected chi connectivity index (χ3v) is 2.70. The molecule has 116 valence electrons. The van der Waals surface area contributed by atoms with Gasteiger partial charge >= 0.3 is 17.9 Å². The average Bonchev–Trinajstić information content (AvgIpc) is 2.52. The first-order valence-corrected chi connectivity index (χ1v) is 6.63. The van der Waals surface area contributed by atoms with E-state index in [1.165, 1.54) is 12.1 Å². The van der Waals surface area contributed by atoms with Gasteiger partial charge < -0.3 is 14.2 Å². The van der Waals surface area contributed by atoms with Crippen molar-refractivity contribution < 1.29 is 33.4 Å². The molecule has 0 aliphatic rings. The highest BCUT2D eigenvalue weighted by Crippen LogP contribution is 2.21. The van der Waals surface area contributed by atoms with Gasteiger partial charge in [-0.2, -0.15) is 0 Å². The molecule has 1 aromatic carbocycles. The Morgan fingerprint density at radius 1 is 1.18 bits per heavy atom. The van der Waals surface area contributed by atoms with Crippen LogP contribution in [0, 0.1) is 0 Å². The lowest BCUT2D eigenvalue weighted by Crippen LogP contribution is -2.18. The molecule has 0 aliphatic carbocycles. The van der Waals surface area contributed by atoms with Gasteiger partial charge in [0.1, 0.15) is 5.75 Å². The maximum atomic E-state index is 11.5. The first kappa shape index (κ1) is 17.6. The average molecular weight is 371 g/mol. The van der Waals surface area contributed by atoms with Gasteiger partial charge in [-0.1, -0.05) is 15.9 Å². The molecule has 0 saturated carbocycles. The maximum absolute atomic E-state index is 11.5. The van der Waals surface area contributed by atoms with Crippen molar-refractivity contribution in [3.8, 4) is 5.75 Å². The molecule has 0 atom stereocenters. The van der Waals surface area contributed by atoms with Crippen molar-refractivity contribution in [2.45, 2.75) is 0 Å². The van der Waals surface area contributed by atoms with Crippen molar-refractivity contribution in [2.24, 2.45) is 0 Å². The summed E-state index contributed by atoms with van der Waals surface area (Å²) in [7, 11) is 1.15. The molecule has 1 aromatic rings. The molecule has 1 rings (SSSR count). The van der Waals surface area contributed by atoms with Crippen molar-refractivity contribution in [3.63, 3.8) is 0 Å². The molecule has 22 heavy (non-hydrogen) atoms. The van der Waals surface area contributed by atoms with E-state index in [1.54, 1.807) is 6.07 Å². The summed E-state index contributed by atoms with van der Waals surface area (Å²) in [5.74, 6) is -2.46. The first-order valence-electron chi connectivity index (χ1n) is 5.84. The van der Waals surface area contributed by atoms with Crippen LogP contribution in [-0.4, -0.2) is 37.9 Å². The summed E-state index contributed by atoms with van der Waals surface area (Å²) < 4.78 is 14.4. The summed E-state index contributed by atoms with van der Waals surface area (Å²) in [4.78, 5) is 44.3. The van der Waals surface area contributed by atoms with Gasteiger partial charge in [0.25, 0.3) is 0 Å². The highest BCUT2D eigenvalue weighted by atomic mass is 79.9. The monoisotopic (exact) mass is 370 g/mol. The summed E-state index contributed by atoms with van der Waals surface area (Å²) in [5.41, 5.74) is 0.166. The second-order valence-electron chi connectivity index (χ2n) is 3.74. The van der Waals surface area contributed by atoms with E-state index in [9.17, 15) is 19.2 Å². The Morgan fingerprint density at radius 3 is 2.50 bits per heavy atom. The Bertz CT molecular complexity index is 622. The highest BCUT2D eigenvalue weighted by molar-refractivity contribution is 9.10. The first-order chi connectivity index (χ1) is 10.5. The molecule has 0 aromatic heterocycles. The van der Waals surface area contributed by atoms with E-state index < -0.39 is 24.5 Å². The van der Waals surface area contributed by atoms with Gasteiger partial charge in [0, 0.05) is 16.6 Å². The zero-order valence-corrected chi connectivity index (χ0v) is 13.0. The molecule has 8 heteroatoms. The lowest BCUT2D eigenvalue weighted by Gasteiger charge is -2.07. The third kappa shape index (κ3) is 5.88. The number of carbonyl (C=O) groups excluding carboxylic acids is 4. The Hall–Kier alpha value is -2.48. The lowest BCUT2D eigenvalue weighted by molar-refractivity contribution is -0.150. The van der Waals surface area contributed by atoms with Gasteiger partial charge in [0.15, 0.2) is 12.9 Å². The number of benzene rings is 1. The second kappa shape index (κ2) is 8.73. The fourth-order valence-corrected chi connectivity index (χ4v) is 1.62. The molecule has 0 amide bonds. The third-order valence-electron chi connectivity index (χ3n) is 2.21. The molecule has 7 nitrogen and oxygen atoms in total. The van der Waals surface area contributed by atoms with Gasteiger partial charge in [0.2, 0.25) is 0 Å². The summed E-state index contributed by atoms with van der Waals surface area (Å²) in [6, 6.07) is 4.48. The molecule has 0 radical (unpaired) electrons. The van der Waals surface area contributed by atoms with Crippen LogP contribution < -0.4 is 4.74 Å². The fourth-order valence-electron chi connectivity index (χ4n) is 1.24. The van der Waals surface area contributed by atoms with Crippen LogP contribution in [0.4, 0.5) is 0 Å². The molecule has 0 N–H and O–H groups in total. The van der Waals surface area contributed by atoms with Gasteiger partial charge in [-0.05, 0) is 18.2 Å². The van der Waals surface area contributed by atoms with Crippen LogP contribution >= 0.6 is 15.9 Å². The number of esters is 3. The normalized spacial score (nSPS) is 10.1. The van der Waals surface area contributed by atoms with Gasteiger partial charge in [-0.25, -0.2) is 14.4 Å². The van der Waals surface area contributed by atoms with Crippen LogP contribution in [-0.2, 0) is 23.9 Å². The predicted octanol–water partition coefficient (Wildman–Crippen LogP) is 1.44. The molecule has 0 heterocycles. The summed E-state index contributed by atoms with van der Waals surface area (Å²) in [6.07, 6.45) is 2.20. The van der Waals surface area contributed by atoms with E-state index in [-0.39, 0.29) is 11.3 Å². The Morgan fingerprint density at radius 2 is 1.86 bits per heavy atom. The summed E-state index contributed by atoms with van der Waals surface area (Å²) in [6.45, 7) is -0.668. The van der Waals surface area contributed by atoms with E-state index in [0.29, 0.717) is 10.8 Å². The minimum Gasteiger partial charge on any atom is -0.466 e. The Kier molecular flexibility index (Phi) is 6.97. The topological polar surface area (TPSA) is 96.0 Å². The molecule has 0 unspecified atom stereocenters. The molecule has 0 fully saturated rings. The Labute approximate surface area is 134 Å². The van der Waals surface area contributed by atoms with Gasteiger partial charge in [0.05, 0.1) is 12.7 Å². The molecule has 0 spiro atoms. The van der Waals surface area contributed by atoms with Crippen molar-refractivity contribution >= 4 is 40.1 Å². The standard InChI is InChI=1S/C14H11BrO7/c1-20-12(17)4-5-13(18)21-8-14(19)22-11-3-2-10(15)6-9(11)7-16/h2-7H,8H2,1H3/b5-4-. The number of hydrogen-bond acceptors (Lipinski definition) is 7. The number of methoxy groups -OCH3 is 1. The zero-order valence-electron chi connectivity index (χ0n) is 11.4. The van der Waals surface area contributed by atoms with Crippen molar-refractivity contribution in [3.05, 3.63) is 40.4 Å². The van der Waals surface area contributed by atoms with Crippen LogP contribution in [0.2, 0.25) is 0 Å². The maximum Gasteiger partial charge on any atom is 0.349 e. The molecule has 0 saturated heterocycles.